The van der Waals surface area contributed by atoms with Crippen molar-refractivity contribution < 1.29 is 10.0 Å². The first-order valence-electron chi connectivity index (χ1n) is 7.51. The summed E-state index contributed by atoms with van der Waals surface area (Å²) in [4.78, 5) is 16.3. The van der Waals surface area contributed by atoms with Crippen LogP contribution in [-0.4, -0.2) is 47.9 Å². The summed E-state index contributed by atoms with van der Waals surface area (Å²) in [6.07, 6.45) is 3.87. The molecule has 21 heavy (non-hydrogen) atoms. The lowest BCUT2D eigenvalue weighted by atomic mass is 10.1. The number of anilines is 1. The highest BCUT2D eigenvalue weighted by Crippen LogP contribution is 2.28. The molecule has 112 valence electrons. The first-order valence-corrected chi connectivity index (χ1v) is 7.51. The van der Waals surface area contributed by atoms with Gasteiger partial charge < -0.3 is 15.0 Å². The summed E-state index contributed by atoms with van der Waals surface area (Å²) in [5.41, 5.74) is 2.62. The van der Waals surface area contributed by atoms with Gasteiger partial charge in [-0.2, -0.15) is 0 Å². The van der Waals surface area contributed by atoms with E-state index in [4.69, 9.17) is 0 Å². The maximum atomic E-state index is 12.4. The maximum absolute atomic E-state index is 12.4. The number of fused-ring (bicyclic) bond motifs is 1. The summed E-state index contributed by atoms with van der Waals surface area (Å²) < 4.78 is 0. The molecule has 1 saturated carbocycles. The van der Waals surface area contributed by atoms with Crippen LogP contribution in [0.15, 0.2) is 29.4 Å². The highest BCUT2D eigenvalue weighted by atomic mass is 16.4. The molecular formula is C16H21N3O2. The second-order valence-corrected chi connectivity index (χ2v) is 5.82. The molecule has 1 amide bonds. The molecular weight excluding hydrogens is 266 g/mol. The monoisotopic (exact) mass is 287 g/mol. The van der Waals surface area contributed by atoms with Crippen LogP contribution in [-0.2, 0) is 4.79 Å². The van der Waals surface area contributed by atoms with Gasteiger partial charge in [-0.1, -0.05) is 23.4 Å². The summed E-state index contributed by atoms with van der Waals surface area (Å²) in [5.74, 6) is 0.164. The number of oxime groups is 1. The molecule has 1 heterocycles. The Bertz CT molecular complexity index is 566. The van der Waals surface area contributed by atoms with Crippen LogP contribution in [0.25, 0.3) is 0 Å². The molecule has 3 rings (SSSR count). The topological polar surface area (TPSA) is 56.1 Å². The van der Waals surface area contributed by atoms with Gasteiger partial charge in [0, 0.05) is 30.9 Å². The van der Waals surface area contributed by atoms with Crippen molar-refractivity contribution in [1.82, 2.24) is 4.90 Å². The SMILES string of the molecule is CN(C(=O)CN1CCC/C(=N/O)c2ccccc21)C1CC1. The molecule has 2 aliphatic rings. The number of para-hydroxylation sites is 1. The molecule has 5 nitrogen and oxygen atoms in total. The minimum atomic E-state index is 0.164. The van der Waals surface area contributed by atoms with E-state index < -0.39 is 0 Å². The van der Waals surface area contributed by atoms with Crippen LogP contribution in [0, 0.1) is 0 Å². The molecule has 0 atom stereocenters. The molecule has 1 aromatic rings. The van der Waals surface area contributed by atoms with E-state index in [0.717, 1.165) is 43.5 Å². The third-order valence-corrected chi connectivity index (χ3v) is 4.33. The first-order chi connectivity index (χ1) is 10.2. The van der Waals surface area contributed by atoms with Crippen molar-refractivity contribution in [1.29, 1.82) is 0 Å². The van der Waals surface area contributed by atoms with E-state index in [1.165, 1.54) is 0 Å². The van der Waals surface area contributed by atoms with Crippen molar-refractivity contribution in [2.75, 3.05) is 25.0 Å². The molecule has 1 aliphatic heterocycles. The Morgan fingerprint density at radius 3 is 2.90 bits per heavy atom. The van der Waals surface area contributed by atoms with Gasteiger partial charge in [-0.15, -0.1) is 0 Å². The molecule has 0 aromatic heterocycles. The van der Waals surface area contributed by atoms with Crippen molar-refractivity contribution in [3.63, 3.8) is 0 Å². The van der Waals surface area contributed by atoms with Gasteiger partial charge >= 0.3 is 0 Å². The second kappa shape index (κ2) is 5.76. The highest BCUT2D eigenvalue weighted by molar-refractivity contribution is 6.05. The highest BCUT2D eigenvalue weighted by Gasteiger charge is 2.31. The van der Waals surface area contributed by atoms with Gasteiger partial charge in [0.1, 0.15) is 0 Å². The number of hydrogen-bond acceptors (Lipinski definition) is 4. The van der Waals surface area contributed by atoms with Crippen molar-refractivity contribution in [2.24, 2.45) is 5.16 Å². The van der Waals surface area contributed by atoms with Crippen molar-refractivity contribution in [3.05, 3.63) is 29.8 Å². The molecule has 0 bridgehead atoms. The molecule has 1 fully saturated rings. The minimum absolute atomic E-state index is 0.164. The average Bonchev–Trinajstić information content (AvgIpc) is 3.34. The maximum Gasteiger partial charge on any atom is 0.242 e. The number of likely N-dealkylation sites (N-methyl/N-ethyl adjacent to an activating group) is 1. The van der Waals surface area contributed by atoms with Gasteiger partial charge in [-0.05, 0) is 31.7 Å². The van der Waals surface area contributed by atoms with E-state index in [2.05, 4.69) is 10.1 Å². The minimum Gasteiger partial charge on any atom is -0.411 e. The van der Waals surface area contributed by atoms with Gasteiger partial charge in [-0.3, -0.25) is 4.79 Å². The first kappa shape index (κ1) is 13.9. The summed E-state index contributed by atoms with van der Waals surface area (Å²) in [6, 6.07) is 8.29. The Balaban J connectivity index is 1.83. The Hall–Kier alpha value is -2.04. The van der Waals surface area contributed by atoms with E-state index >= 15 is 0 Å². The van der Waals surface area contributed by atoms with Crippen molar-refractivity contribution in [2.45, 2.75) is 31.7 Å². The van der Waals surface area contributed by atoms with Gasteiger partial charge in [0.15, 0.2) is 0 Å². The molecule has 1 N–H and O–H groups in total. The fourth-order valence-electron chi connectivity index (χ4n) is 2.89. The van der Waals surface area contributed by atoms with Gasteiger partial charge in [0.05, 0.1) is 12.3 Å². The van der Waals surface area contributed by atoms with Crippen LogP contribution >= 0.6 is 0 Å². The normalized spacial score (nSPS) is 20.0. The Morgan fingerprint density at radius 1 is 1.43 bits per heavy atom. The molecule has 0 radical (unpaired) electrons. The molecule has 0 spiro atoms. The van der Waals surface area contributed by atoms with E-state index in [0.29, 0.717) is 18.3 Å². The van der Waals surface area contributed by atoms with E-state index in [1.807, 2.05) is 36.2 Å². The van der Waals surface area contributed by atoms with Crippen molar-refractivity contribution in [3.8, 4) is 0 Å². The number of nitrogens with zero attached hydrogens (tertiary/aromatic N) is 3. The number of carbonyl (C=O) groups excluding carboxylic acids is 1. The molecule has 5 heteroatoms. The van der Waals surface area contributed by atoms with Gasteiger partial charge in [0.2, 0.25) is 5.91 Å². The lowest BCUT2D eigenvalue weighted by Gasteiger charge is -2.26. The van der Waals surface area contributed by atoms with Crippen LogP contribution in [0.4, 0.5) is 5.69 Å². The van der Waals surface area contributed by atoms with E-state index in [-0.39, 0.29) is 5.91 Å². The van der Waals surface area contributed by atoms with E-state index in [9.17, 15) is 10.0 Å². The number of amides is 1. The lowest BCUT2D eigenvalue weighted by molar-refractivity contribution is -0.128. The standard InChI is InChI=1S/C16H21N3O2/c1-18(12-8-9-12)16(20)11-19-10-4-6-14(17-21)13-5-2-3-7-15(13)19/h2-3,5,7,12,21H,4,6,8-11H2,1H3/b17-14-. The fourth-order valence-corrected chi connectivity index (χ4v) is 2.89. The molecule has 0 saturated heterocycles. The number of benzene rings is 1. The third-order valence-electron chi connectivity index (χ3n) is 4.33. The van der Waals surface area contributed by atoms with Crippen LogP contribution < -0.4 is 4.90 Å². The smallest absolute Gasteiger partial charge is 0.242 e. The second-order valence-electron chi connectivity index (χ2n) is 5.82. The van der Waals surface area contributed by atoms with E-state index in [1.54, 1.807) is 0 Å². The summed E-state index contributed by atoms with van der Waals surface area (Å²) in [7, 11) is 1.89. The van der Waals surface area contributed by atoms with Crippen LogP contribution in [0.3, 0.4) is 0 Å². The molecule has 0 unspecified atom stereocenters. The Kier molecular flexibility index (Phi) is 3.82. The summed E-state index contributed by atoms with van der Waals surface area (Å²) in [6.45, 7) is 1.20. The van der Waals surface area contributed by atoms with Gasteiger partial charge in [-0.25, -0.2) is 0 Å². The number of rotatable bonds is 3. The Labute approximate surface area is 124 Å². The quantitative estimate of drug-likeness (QED) is 0.684. The number of hydrogen-bond donors (Lipinski definition) is 1. The van der Waals surface area contributed by atoms with Crippen LogP contribution in [0.2, 0.25) is 0 Å². The zero-order chi connectivity index (χ0) is 14.8. The average molecular weight is 287 g/mol. The zero-order valence-electron chi connectivity index (χ0n) is 12.3. The number of carbonyl (C=O) groups is 1. The van der Waals surface area contributed by atoms with Crippen LogP contribution in [0.5, 0.6) is 0 Å². The summed E-state index contributed by atoms with van der Waals surface area (Å²) in [5, 5.41) is 12.6. The molecule has 1 aromatic carbocycles. The predicted molar refractivity (Wildman–Crippen MR) is 82.0 cm³/mol. The zero-order valence-corrected chi connectivity index (χ0v) is 12.3. The summed E-state index contributed by atoms with van der Waals surface area (Å²) >= 11 is 0. The Morgan fingerprint density at radius 2 is 2.19 bits per heavy atom. The van der Waals surface area contributed by atoms with Crippen LogP contribution in [0.1, 0.15) is 31.2 Å². The third kappa shape index (κ3) is 2.86. The fraction of sp³-hybridized carbons (Fsp3) is 0.500. The predicted octanol–water partition coefficient (Wildman–Crippen LogP) is 2.09. The lowest BCUT2D eigenvalue weighted by Crippen LogP contribution is -2.39. The molecule has 1 aliphatic carbocycles. The van der Waals surface area contributed by atoms with Gasteiger partial charge in [0.25, 0.3) is 0 Å². The largest absolute Gasteiger partial charge is 0.411 e. The van der Waals surface area contributed by atoms with Crippen molar-refractivity contribution >= 4 is 17.3 Å².